The van der Waals surface area contributed by atoms with Crippen LogP contribution in [-0.2, 0) is 4.79 Å². The second-order valence-electron chi connectivity index (χ2n) is 4.15. The molecule has 20 heavy (non-hydrogen) atoms. The lowest BCUT2D eigenvalue weighted by molar-refractivity contribution is -0.122. The van der Waals surface area contributed by atoms with Gasteiger partial charge in [0.05, 0.1) is 6.04 Å². The summed E-state index contributed by atoms with van der Waals surface area (Å²) in [5.74, 6) is 0.666. The number of hydrogen-bond donors (Lipinski definition) is 4. The Kier molecular flexibility index (Phi) is 6.31. The summed E-state index contributed by atoms with van der Waals surface area (Å²) in [5, 5.41) is 17.0. The highest BCUT2D eigenvalue weighted by Gasteiger charge is 2.08. The zero-order valence-corrected chi connectivity index (χ0v) is 11.6. The Morgan fingerprint density at radius 2 is 2.10 bits per heavy atom. The summed E-state index contributed by atoms with van der Waals surface area (Å²) in [6.45, 7) is 2.77. The molecule has 1 aromatic rings. The van der Waals surface area contributed by atoms with E-state index in [0.717, 1.165) is 0 Å². The van der Waals surface area contributed by atoms with E-state index in [1.807, 2.05) is 0 Å². The van der Waals surface area contributed by atoms with Gasteiger partial charge in [0.2, 0.25) is 5.91 Å². The molecule has 0 saturated heterocycles. The third-order valence-corrected chi connectivity index (χ3v) is 2.72. The van der Waals surface area contributed by atoms with Crippen molar-refractivity contribution in [2.24, 2.45) is 10.9 Å². The van der Waals surface area contributed by atoms with Crippen molar-refractivity contribution in [2.45, 2.75) is 13.0 Å². The minimum Gasteiger partial charge on any atom is -0.492 e. The lowest BCUT2D eigenvalue weighted by Gasteiger charge is -2.12. The van der Waals surface area contributed by atoms with Gasteiger partial charge in [0.15, 0.2) is 5.84 Å². The van der Waals surface area contributed by atoms with Crippen molar-refractivity contribution >= 4 is 11.7 Å². The molecule has 1 aromatic carbocycles. The molecule has 7 nitrogen and oxygen atoms in total. The van der Waals surface area contributed by atoms with Gasteiger partial charge in [0.25, 0.3) is 0 Å². The highest BCUT2D eigenvalue weighted by Crippen LogP contribution is 2.11. The number of nitrogens with zero attached hydrogens (tertiary/aromatic N) is 1. The lowest BCUT2D eigenvalue weighted by Crippen LogP contribution is -2.42. The van der Waals surface area contributed by atoms with Gasteiger partial charge in [-0.05, 0) is 31.2 Å². The monoisotopic (exact) mass is 280 g/mol. The van der Waals surface area contributed by atoms with Crippen molar-refractivity contribution < 1.29 is 14.7 Å². The van der Waals surface area contributed by atoms with Gasteiger partial charge in [-0.25, -0.2) is 0 Å². The first-order valence-electron chi connectivity index (χ1n) is 6.24. The number of carbonyl (C=O) groups is 1. The number of oxime groups is 1. The fraction of sp³-hybridized carbons (Fsp3) is 0.385. The van der Waals surface area contributed by atoms with E-state index in [1.165, 1.54) is 0 Å². The van der Waals surface area contributed by atoms with Crippen molar-refractivity contribution in [1.29, 1.82) is 0 Å². The largest absolute Gasteiger partial charge is 0.492 e. The molecule has 0 heterocycles. The van der Waals surface area contributed by atoms with Gasteiger partial charge in [-0.2, -0.15) is 0 Å². The van der Waals surface area contributed by atoms with Crippen molar-refractivity contribution in [1.82, 2.24) is 10.6 Å². The molecule has 0 aliphatic rings. The van der Waals surface area contributed by atoms with Gasteiger partial charge in [-0.1, -0.05) is 5.16 Å². The Morgan fingerprint density at radius 3 is 2.65 bits per heavy atom. The van der Waals surface area contributed by atoms with E-state index < -0.39 is 0 Å². The van der Waals surface area contributed by atoms with Crippen LogP contribution in [-0.4, -0.2) is 43.2 Å². The predicted molar refractivity (Wildman–Crippen MR) is 76.0 cm³/mol. The van der Waals surface area contributed by atoms with Crippen molar-refractivity contribution in [2.75, 3.05) is 20.2 Å². The van der Waals surface area contributed by atoms with E-state index in [1.54, 1.807) is 38.2 Å². The van der Waals surface area contributed by atoms with E-state index in [0.29, 0.717) is 24.5 Å². The fourth-order valence-corrected chi connectivity index (χ4v) is 1.53. The molecule has 0 bridgehead atoms. The summed E-state index contributed by atoms with van der Waals surface area (Å²) >= 11 is 0. The average Bonchev–Trinajstić information content (AvgIpc) is 2.50. The van der Waals surface area contributed by atoms with Gasteiger partial charge in [0.1, 0.15) is 12.4 Å². The standard InChI is InChI=1S/C13H20N4O3/c1-9(13(18)15-2)16-7-8-20-11-5-3-10(4-6-11)12(14)17-19/h3-6,9,16,19H,7-8H2,1-2H3,(H2,14,17)(H,15,18). The van der Waals surface area contributed by atoms with Crippen LogP contribution in [0.5, 0.6) is 5.75 Å². The number of rotatable bonds is 7. The average molecular weight is 280 g/mol. The lowest BCUT2D eigenvalue weighted by atomic mass is 10.2. The molecular weight excluding hydrogens is 260 g/mol. The number of benzene rings is 1. The molecule has 110 valence electrons. The van der Waals surface area contributed by atoms with Crippen LogP contribution < -0.4 is 21.1 Å². The summed E-state index contributed by atoms with van der Waals surface area (Å²) in [6, 6.07) is 6.60. The molecule has 0 fully saturated rings. The summed E-state index contributed by atoms with van der Waals surface area (Å²) in [5.41, 5.74) is 6.07. The van der Waals surface area contributed by atoms with Crippen molar-refractivity contribution in [3.8, 4) is 5.75 Å². The number of amidine groups is 1. The van der Waals surface area contributed by atoms with E-state index in [9.17, 15) is 4.79 Å². The second-order valence-corrected chi connectivity index (χ2v) is 4.15. The number of hydrogen-bond acceptors (Lipinski definition) is 5. The third kappa shape index (κ3) is 4.77. The van der Waals surface area contributed by atoms with Crippen LogP contribution in [0.3, 0.4) is 0 Å². The molecule has 1 rings (SSSR count). The molecule has 0 saturated carbocycles. The number of amides is 1. The van der Waals surface area contributed by atoms with Crippen LogP contribution in [0.2, 0.25) is 0 Å². The highest BCUT2D eigenvalue weighted by atomic mass is 16.5. The molecular formula is C13H20N4O3. The van der Waals surface area contributed by atoms with E-state index in [4.69, 9.17) is 15.7 Å². The fourth-order valence-electron chi connectivity index (χ4n) is 1.53. The maximum atomic E-state index is 11.2. The van der Waals surface area contributed by atoms with Crippen LogP contribution in [0.15, 0.2) is 29.4 Å². The number of nitrogens with one attached hydrogen (secondary N) is 2. The van der Waals surface area contributed by atoms with Crippen molar-refractivity contribution in [3.05, 3.63) is 29.8 Å². The molecule has 1 unspecified atom stereocenters. The first kappa shape index (κ1) is 15.8. The predicted octanol–water partition coefficient (Wildman–Crippen LogP) is -0.116. The molecule has 7 heteroatoms. The molecule has 0 radical (unpaired) electrons. The van der Waals surface area contributed by atoms with E-state index in [2.05, 4.69) is 15.8 Å². The van der Waals surface area contributed by atoms with Crippen LogP contribution in [0, 0.1) is 0 Å². The van der Waals surface area contributed by atoms with Crippen LogP contribution in [0.1, 0.15) is 12.5 Å². The Labute approximate surface area is 117 Å². The normalized spacial score (nSPS) is 12.8. The number of carbonyl (C=O) groups excluding carboxylic acids is 1. The number of ether oxygens (including phenoxy) is 1. The smallest absolute Gasteiger partial charge is 0.236 e. The summed E-state index contributed by atoms with van der Waals surface area (Å²) in [6.07, 6.45) is 0. The summed E-state index contributed by atoms with van der Waals surface area (Å²) in [4.78, 5) is 11.2. The van der Waals surface area contributed by atoms with E-state index in [-0.39, 0.29) is 17.8 Å². The van der Waals surface area contributed by atoms with Gasteiger partial charge >= 0.3 is 0 Å². The summed E-state index contributed by atoms with van der Waals surface area (Å²) in [7, 11) is 1.60. The minimum atomic E-state index is -0.258. The Morgan fingerprint density at radius 1 is 1.45 bits per heavy atom. The molecule has 0 aliphatic heterocycles. The van der Waals surface area contributed by atoms with Crippen LogP contribution >= 0.6 is 0 Å². The van der Waals surface area contributed by atoms with Gasteiger partial charge in [0, 0.05) is 19.2 Å². The van der Waals surface area contributed by atoms with Gasteiger partial charge < -0.3 is 26.3 Å². The molecule has 1 amide bonds. The Balaban J connectivity index is 2.34. The van der Waals surface area contributed by atoms with Crippen LogP contribution in [0.25, 0.3) is 0 Å². The molecule has 0 aliphatic carbocycles. The summed E-state index contributed by atoms with van der Waals surface area (Å²) < 4.78 is 5.50. The number of nitrogens with two attached hydrogens (primary N) is 1. The topological polar surface area (TPSA) is 109 Å². The third-order valence-electron chi connectivity index (χ3n) is 2.72. The van der Waals surface area contributed by atoms with Gasteiger partial charge in [-0.15, -0.1) is 0 Å². The molecule has 1 atom stereocenters. The SMILES string of the molecule is CNC(=O)C(C)NCCOc1ccc(C(N)=NO)cc1. The Bertz CT molecular complexity index is 459. The molecule has 0 aromatic heterocycles. The first-order valence-corrected chi connectivity index (χ1v) is 6.24. The van der Waals surface area contributed by atoms with E-state index >= 15 is 0 Å². The maximum absolute atomic E-state index is 11.2. The van der Waals surface area contributed by atoms with Crippen molar-refractivity contribution in [3.63, 3.8) is 0 Å². The first-order chi connectivity index (χ1) is 9.58. The Hall–Kier alpha value is -2.28. The van der Waals surface area contributed by atoms with Gasteiger partial charge in [-0.3, -0.25) is 4.79 Å². The maximum Gasteiger partial charge on any atom is 0.236 e. The molecule has 0 spiro atoms. The number of likely N-dealkylation sites (N-methyl/N-ethyl adjacent to an activating group) is 1. The zero-order valence-electron chi connectivity index (χ0n) is 11.6. The highest BCUT2D eigenvalue weighted by molar-refractivity contribution is 5.97. The second kappa shape index (κ2) is 8.00. The molecule has 5 N–H and O–H groups in total. The quantitative estimate of drug-likeness (QED) is 0.183. The zero-order chi connectivity index (χ0) is 15.0. The van der Waals surface area contributed by atoms with Crippen LogP contribution in [0.4, 0.5) is 0 Å². The minimum absolute atomic E-state index is 0.0534.